The maximum Gasteiger partial charge on any atom is 0.276 e. The molecule has 0 bridgehead atoms. The van der Waals surface area contributed by atoms with Crippen LogP contribution in [0.25, 0.3) is 10.9 Å². The van der Waals surface area contributed by atoms with E-state index in [0.29, 0.717) is 17.9 Å². The largest absolute Gasteiger partial charge is 0.399 e. The van der Waals surface area contributed by atoms with Crippen LogP contribution in [0.4, 0.5) is 11.4 Å². The number of hydrogen-bond donors (Lipinski definition) is 2. The summed E-state index contributed by atoms with van der Waals surface area (Å²) in [5, 5.41) is 8.30. The van der Waals surface area contributed by atoms with Crippen molar-refractivity contribution in [3.63, 3.8) is 0 Å². The summed E-state index contributed by atoms with van der Waals surface area (Å²) in [4.78, 5) is 12.7. The first-order chi connectivity index (χ1) is 12.7. The van der Waals surface area contributed by atoms with Gasteiger partial charge in [-0.15, -0.1) is 0 Å². The van der Waals surface area contributed by atoms with Crippen molar-refractivity contribution in [2.75, 3.05) is 11.1 Å². The molecule has 0 aliphatic carbocycles. The molecule has 0 radical (unpaired) electrons. The SMILES string of the molecule is Nc1cccc(Cn2nc(C(=O)Nc3ccccc3)c3ccccc32)c1. The summed E-state index contributed by atoms with van der Waals surface area (Å²) in [6.45, 7) is 0.546. The smallest absolute Gasteiger partial charge is 0.276 e. The monoisotopic (exact) mass is 342 g/mol. The Balaban J connectivity index is 1.71. The summed E-state index contributed by atoms with van der Waals surface area (Å²) in [5.74, 6) is -0.223. The highest BCUT2D eigenvalue weighted by Crippen LogP contribution is 2.21. The quantitative estimate of drug-likeness (QED) is 0.552. The summed E-state index contributed by atoms with van der Waals surface area (Å²) in [6, 6.07) is 24.8. The molecule has 128 valence electrons. The van der Waals surface area contributed by atoms with Gasteiger partial charge in [-0.3, -0.25) is 9.48 Å². The number of para-hydroxylation sites is 2. The molecule has 26 heavy (non-hydrogen) atoms. The predicted molar refractivity (Wildman–Crippen MR) is 104 cm³/mol. The number of amides is 1. The lowest BCUT2D eigenvalue weighted by Gasteiger charge is -2.05. The first-order valence-electron chi connectivity index (χ1n) is 8.37. The van der Waals surface area contributed by atoms with Gasteiger partial charge < -0.3 is 11.1 Å². The van der Waals surface area contributed by atoms with Crippen LogP contribution >= 0.6 is 0 Å². The Hall–Kier alpha value is -3.60. The molecule has 3 N–H and O–H groups in total. The third-order valence-electron chi connectivity index (χ3n) is 4.19. The number of rotatable bonds is 4. The van der Waals surface area contributed by atoms with E-state index in [2.05, 4.69) is 10.4 Å². The molecule has 0 atom stereocenters. The van der Waals surface area contributed by atoms with Gasteiger partial charge in [0.15, 0.2) is 5.69 Å². The Bertz CT molecular complexity index is 1070. The fourth-order valence-electron chi connectivity index (χ4n) is 2.99. The van der Waals surface area contributed by atoms with Crippen molar-refractivity contribution < 1.29 is 4.79 Å². The molecule has 3 aromatic carbocycles. The number of fused-ring (bicyclic) bond motifs is 1. The van der Waals surface area contributed by atoms with Crippen LogP contribution in [0.15, 0.2) is 78.9 Å². The molecule has 0 saturated heterocycles. The van der Waals surface area contributed by atoms with Gasteiger partial charge >= 0.3 is 0 Å². The van der Waals surface area contributed by atoms with Gasteiger partial charge in [-0.2, -0.15) is 5.10 Å². The highest BCUT2D eigenvalue weighted by atomic mass is 16.2. The van der Waals surface area contributed by atoms with Crippen molar-refractivity contribution in [2.45, 2.75) is 6.54 Å². The molecular formula is C21H18N4O. The third-order valence-corrected chi connectivity index (χ3v) is 4.19. The second-order valence-corrected chi connectivity index (χ2v) is 6.09. The average Bonchev–Trinajstić information content (AvgIpc) is 3.01. The van der Waals surface area contributed by atoms with Gasteiger partial charge in [0.25, 0.3) is 5.91 Å². The van der Waals surface area contributed by atoms with Crippen LogP contribution in [-0.2, 0) is 6.54 Å². The number of aromatic nitrogens is 2. The molecule has 1 amide bonds. The minimum Gasteiger partial charge on any atom is -0.399 e. The third kappa shape index (κ3) is 3.15. The predicted octanol–water partition coefficient (Wildman–Crippen LogP) is 3.92. The summed E-state index contributed by atoms with van der Waals surface area (Å²) in [7, 11) is 0. The highest BCUT2D eigenvalue weighted by Gasteiger charge is 2.17. The van der Waals surface area contributed by atoms with Crippen LogP contribution in [0.2, 0.25) is 0 Å². The van der Waals surface area contributed by atoms with Crippen LogP contribution in [-0.4, -0.2) is 15.7 Å². The van der Waals surface area contributed by atoms with Crippen molar-refractivity contribution in [2.24, 2.45) is 0 Å². The molecular weight excluding hydrogens is 324 g/mol. The molecule has 0 saturated carbocycles. The lowest BCUT2D eigenvalue weighted by atomic mass is 10.2. The summed E-state index contributed by atoms with van der Waals surface area (Å²) < 4.78 is 1.84. The normalized spacial score (nSPS) is 10.8. The number of nitrogens with two attached hydrogens (primary N) is 1. The zero-order valence-corrected chi connectivity index (χ0v) is 14.1. The van der Waals surface area contributed by atoms with Gasteiger partial charge in [0.05, 0.1) is 12.1 Å². The molecule has 5 nitrogen and oxygen atoms in total. The van der Waals surface area contributed by atoms with Crippen molar-refractivity contribution >= 4 is 28.2 Å². The number of nitrogens with zero attached hydrogens (tertiary/aromatic N) is 2. The van der Waals surface area contributed by atoms with E-state index < -0.39 is 0 Å². The Morgan fingerprint density at radius 2 is 1.73 bits per heavy atom. The maximum atomic E-state index is 12.7. The van der Waals surface area contributed by atoms with Crippen LogP contribution in [0.3, 0.4) is 0 Å². The number of carbonyl (C=O) groups is 1. The van der Waals surface area contributed by atoms with Gasteiger partial charge in [0.1, 0.15) is 0 Å². The first-order valence-corrected chi connectivity index (χ1v) is 8.37. The van der Waals surface area contributed by atoms with E-state index in [1.54, 1.807) is 0 Å². The minimum absolute atomic E-state index is 0.223. The molecule has 0 aliphatic heterocycles. The number of nitrogen functional groups attached to an aromatic ring is 1. The Morgan fingerprint density at radius 3 is 2.54 bits per heavy atom. The van der Waals surface area contributed by atoms with Gasteiger partial charge in [-0.1, -0.05) is 48.5 Å². The van der Waals surface area contributed by atoms with Crippen LogP contribution < -0.4 is 11.1 Å². The van der Waals surface area contributed by atoms with Crippen LogP contribution in [0.5, 0.6) is 0 Å². The van der Waals surface area contributed by atoms with E-state index in [1.807, 2.05) is 83.5 Å². The summed E-state index contributed by atoms with van der Waals surface area (Å²) in [5.41, 5.74) is 9.68. The number of nitrogens with one attached hydrogen (secondary N) is 1. The lowest BCUT2D eigenvalue weighted by molar-refractivity contribution is 0.102. The van der Waals surface area contributed by atoms with Crippen molar-refractivity contribution in [3.8, 4) is 0 Å². The Kier molecular flexibility index (Phi) is 4.11. The van der Waals surface area contributed by atoms with E-state index in [4.69, 9.17) is 5.73 Å². The molecule has 0 unspecified atom stereocenters. The number of hydrogen-bond acceptors (Lipinski definition) is 3. The van der Waals surface area contributed by atoms with E-state index >= 15 is 0 Å². The second kappa shape index (κ2) is 6.72. The minimum atomic E-state index is -0.223. The first kappa shape index (κ1) is 15.9. The molecule has 0 aliphatic rings. The van der Waals surface area contributed by atoms with Crippen LogP contribution in [0, 0.1) is 0 Å². The van der Waals surface area contributed by atoms with Gasteiger partial charge in [0.2, 0.25) is 0 Å². The second-order valence-electron chi connectivity index (χ2n) is 6.09. The summed E-state index contributed by atoms with van der Waals surface area (Å²) >= 11 is 0. The fourth-order valence-corrected chi connectivity index (χ4v) is 2.99. The fraction of sp³-hybridized carbons (Fsp3) is 0.0476. The highest BCUT2D eigenvalue weighted by molar-refractivity contribution is 6.11. The number of carbonyl (C=O) groups excluding carboxylic acids is 1. The average molecular weight is 342 g/mol. The Labute approximate surface area is 151 Å². The van der Waals surface area contributed by atoms with Gasteiger partial charge in [-0.25, -0.2) is 0 Å². The topological polar surface area (TPSA) is 72.9 Å². The van der Waals surface area contributed by atoms with Crippen molar-refractivity contribution in [1.82, 2.24) is 9.78 Å². The zero-order valence-electron chi connectivity index (χ0n) is 14.1. The van der Waals surface area contributed by atoms with Gasteiger partial charge in [-0.05, 0) is 35.9 Å². The van der Waals surface area contributed by atoms with E-state index in [0.717, 1.165) is 22.2 Å². The Morgan fingerprint density at radius 1 is 0.962 bits per heavy atom. The molecule has 1 aromatic heterocycles. The van der Waals surface area contributed by atoms with E-state index in [1.165, 1.54) is 0 Å². The van der Waals surface area contributed by atoms with Gasteiger partial charge in [0, 0.05) is 16.8 Å². The van der Waals surface area contributed by atoms with Crippen molar-refractivity contribution in [1.29, 1.82) is 0 Å². The molecule has 0 spiro atoms. The molecule has 4 rings (SSSR count). The number of anilines is 2. The van der Waals surface area contributed by atoms with E-state index in [9.17, 15) is 4.79 Å². The van der Waals surface area contributed by atoms with Crippen molar-refractivity contribution in [3.05, 3.63) is 90.1 Å². The summed E-state index contributed by atoms with van der Waals surface area (Å²) in [6.07, 6.45) is 0. The molecule has 4 aromatic rings. The van der Waals surface area contributed by atoms with E-state index in [-0.39, 0.29) is 5.91 Å². The molecule has 1 heterocycles. The lowest BCUT2D eigenvalue weighted by Crippen LogP contribution is -2.13. The van der Waals surface area contributed by atoms with Crippen LogP contribution in [0.1, 0.15) is 16.1 Å². The standard InChI is InChI=1S/C21H18N4O/c22-16-8-6-7-15(13-16)14-25-19-12-5-4-11-18(19)20(24-25)21(26)23-17-9-2-1-3-10-17/h1-13H,14,22H2,(H,23,26). The molecule has 0 fully saturated rings. The maximum absolute atomic E-state index is 12.7. The zero-order chi connectivity index (χ0) is 17.9. The number of benzene rings is 3. The molecule has 5 heteroatoms.